The number of carbonyl (C=O) groups excluding carboxylic acids is 2. The molecule has 1 aliphatic heterocycles. The summed E-state index contributed by atoms with van der Waals surface area (Å²) in [6.45, 7) is 6.12. The molecule has 2 amide bonds. The van der Waals surface area contributed by atoms with Gasteiger partial charge in [-0.2, -0.15) is 0 Å². The van der Waals surface area contributed by atoms with E-state index in [1.54, 1.807) is 0 Å². The van der Waals surface area contributed by atoms with Gasteiger partial charge in [0.05, 0.1) is 0 Å². The number of likely N-dealkylation sites (tertiary alicyclic amines) is 1. The van der Waals surface area contributed by atoms with E-state index in [9.17, 15) is 9.59 Å². The predicted octanol–water partition coefficient (Wildman–Crippen LogP) is 1.10. The zero-order valence-electron chi connectivity index (χ0n) is 7.30. The summed E-state index contributed by atoms with van der Waals surface area (Å²) in [5.41, 5.74) is 1.00. The van der Waals surface area contributed by atoms with Crippen molar-refractivity contribution >= 4 is 11.8 Å². The van der Waals surface area contributed by atoms with E-state index < -0.39 is 0 Å². The number of rotatable bonds is 3. The minimum Gasteiger partial charge on any atom is -0.282 e. The van der Waals surface area contributed by atoms with Crippen LogP contribution in [-0.4, -0.2) is 23.3 Å². The quantitative estimate of drug-likeness (QED) is 0.466. The van der Waals surface area contributed by atoms with Crippen LogP contribution in [-0.2, 0) is 9.59 Å². The van der Waals surface area contributed by atoms with Gasteiger partial charge in [0.15, 0.2) is 0 Å². The van der Waals surface area contributed by atoms with Crippen molar-refractivity contribution < 1.29 is 9.59 Å². The molecule has 0 bridgehead atoms. The van der Waals surface area contributed by atoms with E-state index in [0.29, 0.717) is 19.4 Å². The van der Waals surface area contributed by atoms with Crippen molar-refractivity contribution in [2.24, 2.45) is 0 Å². The Hall–Kier alpha value is -1.12. The normalized spacial score (nSPS) is 17.2. The Kier molecular flexibility index (Phi) is 2.63. The number of hydrogen-bond donors (Lipinski definition) is 0. The number of hydrogen-bond acceptors (Lipinski definition) is 2. The fourth-order valence-corrected chi connectivity index (χ4v) is 1.17. The fraction of sp³-hybridized carbons (Fsp3) is 0.556. The van der Waals surface area contributed by atoms with E-state index in [0.717, 1.165) is 12.0 Å². The van der Waals surface area contributed by atoms with Crippen LogP contribution in [0.5, 0.6) is 0 Å². The van der Waals surface area contributed by atoms with Gasteiger partial charge in [-0.25, -0.2) is 0 Å². The zero-order valence-corrected chi connectivity index (χ0v) is 7.30. The van der Waals surface area contributed by atoms with Gasteiger partial charge in [0, 0.05) is 19.4 Å². The molecular formula is C9H13NO2. The van der Waals surface area contributed by atoms with E-state index in [1.165, 1.54) is 4.90 Å². The van der Waals surface area contributed by atoms with Crippen LogP contribution in [0.25, 0.3) is 0 Å². The minimum atomic E-state index is -0.0405. The van der Waals surface area contributed by atoms with Crippen LogP contribution in [0.2, 0.25) is 0 Å². The van der Waals surface area contributed by atoms with Crippen molar-refractivity contribution in [1.29, 1.82) is 0 Å². The summed E-state index contributed by atoms with van der Waals surface area (Å²) in [4.78, 5) is 23.5. The second-order valence-corrected chi connectivity index (χ2v) is 3.15. The summed E-state index contributed by atoms with van der Waals surface area (Å²) < 4.78 is 0. The minimum absolute atomic E-state index is 0.0405. The molecule has 66 valence electrons. The van der Waals surface area contributed by atoms with Crippen LogP contribution in [0, 0.1) is 0 Å². The van der Waals surface area contributed by atoms with E-state index in [1.807, 2.05) is 6.92 Å². The molecule has 0 atom stereocenters. The molecule has 0 aromatic heterocycles. The van der Waals surface area contributed by atoms with Gasteiger partial charge in [0.25, 0.3) is 0 Å². The topological polar surface area (TPSA) is 37.4 Å². The van der Waals surface area contributed by atoms with Gasteiger partial charge in [-0.05, 0) is 13.3 Å². The van der Waals surface area contributed by atoms with Crippen LogP contribution in [0.1, 0.15) is 26.2 Å². The highest BCUT2D eigenvalue weighted by molar-refractivity contribution is 6.01. The Morgan fingerprint density at radius 1 is 1.42 bits per heavy atom. The maximum atomic E-state index is 11.1. The number of imide groups is 1. The molecule has 1 heterocycles. The van der Waals surface area contributed by atoms with Crippen LogP contribution < -0.4 is 0 Å². The van der Waals surface area contributed by atoms with Crippen molar-refractivity contribution in [3.05, 3.63) is 12.2 Å². The smallest absolute Gasteiger partial charge is 0.229 e. The van der Waals surface area contributed by atoms with Gasteiger partial charge in [0.1, 0.15) is 0 Å². The average Bonchev–Trinajstić information content (AvgIpc) is 2.28. The Bertz CT molecular complexity index is 217. The highest BCUT2D eigenvalue weighted by Crippen LogP contribution is 2.12. The Morgan fingerprint density at radius 2 is 1.92 bits per heavy atom. The fourth-order valence-electron chi connectivity index (χ4n) is 1.17. The van der Waals surface area contributed by atoms with E-state index in [2.05, 4.69) is 6.58 Å². The van der Waals surface area contributed by atoms with E-state index >= 15 is 0 Å². The van der Waals surface area contributed by atoms with Crippen molar-refractivity contribution in [2.75, 3.05) is 6.54 Å². The molecule has 0 aromatic rings. The molecule has 1 aliphatic rings. The van der Waals surface area contributed by atoms with Crippen molar-refractivity contribution in [1.82, 2.24) is 4.90 Å². The SMILES string of the molecule is C=C(C)CCN1C(=O)CCC1=O. The van der Waals surface area contributed by atoms with E-state index in [4.69, 9.17) is 0 Å². The second kappa shape index (κ2) is 3.52. The summed E-state index contributed by atoms with van der Waals surface area (Å²) in [5.74, 6) is -0.0810. The van der Waals surface area contributed by atoms with Crippen LogP contribution in [0.3, 0.4) is 0 Å². The molecule has 1 fully saturated rings. The van der Waals surface area contributed by atoms with Crippen LogP contribution >= 0.6 is 0 Å². The molecule has 1 saturated heterocycles. The first-order valence-electron chi connectivity index (χ1n) is 4.09. The maximum absolute atomic E-state index is 11.1. The third-order valence-electron chi connectivity index (χ3n) is 1.92. The lowest BCUT2D eigenvalue weighted by Crippen LogP contribution is -2.30. The lowest BCUT2D eigenvalue weighted by Gasteiger charge is -2.12. The highest BCUT2D eigenvalue weighted by atomic mass is 16.2. The average molecular weight is 167 g/mol. The standard InChI is InChI=1S/C9H13NO2/c1-7(2)5-6-10-8(11)3-4-9(10)12/h1,3-6H2,2H3. The summed E-state index contributed by atoms with van der Waals surface area (Å²) in [6, 6.07) is 0. The van der Waals surface area contributed by atoms with Crippen molar-refractivity contribution in [2.45, 2.75) is 26.2 Å². The summed E-state index contributed by atoms with van der Waals surface area (Å²) in [5, 5.41) is 0. The Morgan fingerprint density at radius 3 is 2.33 bits per heavy atom. The van der Waals surface area contributed by atoms with Crippen LogP contribution in [0.4, 0.5) is 0 Å². The first-order valence-corrected chi connectivity index (χ1v) is 4.09. The molecule has 12 heavy (non-hydrogen) atoms. The first-order chi connectivity index (χ1) is 5.61. The summed E-state index contributed by atoms with van der Waals surface area (Å²) in [6.07, 6.45) is 1.49. The molecule has 0 aromatic carbocycles. The number of nitrogens with zero attached hydrogens (tertiary/aromatic N) is 1. The second-order valence-electron chi connectivity index (χ2n) is 3.15. The third-order valence-corrected chi connectivity index (χ3v) is 1.92. The monoisotopic (exact) mass is 167 g/mol. The molecule has 3 nitrogen and oxygen atoms in total. The van der Waals surface area contributed by atoms with E-state index in [-0.39, 0.29) is 11.8 Å². The van der Waals surface area contributed by atoms with Gasteiger partial charge >= 0.3 is 0 Å². The summed E-state index contributed by atoms with van der Waals surface area (Å²) in [7, 11) is 0. The zero-order chi connectivity index (χ0) is 9.14. The van der Waals surface area contributed by atoms with Gasteiger partial charge < -0.3 is 0 Å². The molecule has 0 unspecified atom stereocenters. The summed E-state index contributed by atoms with van der Waals surface area (Å²) >= 11 is 0. The molecule has 0 radical (unpaired) electrons. The molecule has 0 saturated carbocycles. The van der Waals surface area contributed by atoms with Crippen molar-refractivity contribution in [3.63, 3.8) is 0 Å². The first kappa shape index (κ1) is 8.97. The molecule has 0 aliphatic carbocycles. The molecule has 0 spiro atoms. The lowest BCUT2D eigenvalue weighted by molar-refractivity contribution is -0.138. The highest BCUT2D eigenvalue weighted by Gasteiger charge is 2.27. The van der Waals surface area contributed by atoms with Crippen LogP contribution in [0.15, 0.2) is 12.2 Å². The largest absolute Gasteiger partial charge is 0.282 e. The Labute approximate surface area is 72.0 Å². The number of amides is 2. The van der Waals surface area contributed by atoms with Gasteiger partial charge in [0.2, 0.25) is 11.8 Å². The molecule has 1 rings (SSSR count). The maximum Gasteiger partial charge on any atom is 0.229 e. The molecule has 0 N–H and O–H groups in total. The van der Waals surface area contributed by atoms with Gasteiger partial charge in [-0.3, -0.25) is 14.5 Å². The lowest BCUT2D eigenvalue weighted by atomic mass is 10.2. The van der Waals surface area contributed by atoms with Gasteiger partial charge in [-0.1, -0.05) is 5.57 Å². The molecule has 3 heteroatoms. The van der Waals surface area contributed by atoms with Gasteiger partial charge in [-0.15, -0.1) is 6.58 Å². The Balaban J connectivity index is 2.45. The molecular weight excluding hydrogens is 154 g/mol. The number of carbonyl (C=O) groups is 2. The third kappa shape index (κ3) is 1.94. The predicted molar refractivity (Wildman–Crippen MR) is 45.4 cm³/mol. The van der Waals surface area contributed by atoms with Crippen molar-refractivity contribution in [3.8, 4) is 0 Å².